The molecule has 1 aromatic carbocycles. The Morgan fingerprint density at radius 3 is 2.47 bits per heavy atom. The summed E-state index contributed by atoms with van der Waals surface area (Å²) in [4.78, 5) is 43.6. The predicted octanol–water partition coefficient (Wildman–Crippen LogP) is 4.18. The lowest BCUT2D eigenvalue weighted by molar-refractivity contribution is -0.118. The van der Waals surface area contributed by atoms with Crippen molar-refractivity contribution in [1.29, 1.82) is 0 Å². The standard InChI is InChI=1S/C27H32FN3O5S.C4H9NO/c1-5-27(16-36-11-10-35-4)15-30(17(2)3)26(34)22-24(33)23(32)21(14-31(22)27)25-29-13-20(37-25)12-18-6-8-19(28)9-7-18;1-3-5-4(2)6/h6-9,13-14,17,33H,5,10-12,15-16H2,1-4H3;3H2,1-2H3,(H,5,6)/t27-;/m1./s1. The van der Waals surface area contributed by atoms with E-state index >= 15 is 0 Å². The number of fused-ring (bicyclic) bond motifs is 1. The minimum atomic E-state index is -0.699. The topological polar surface area (TPSA) is 123 Å². The lowest BCUT2D eigenvalue weighted by atomic mass is 9.90. The van der Waals surface area contributed by atoms with Gasteiger partial charge in [-0.2, -0.15) is 0 Å². The van der Waals surface area contributed by atoms with Crippen LogP contribution in [0.15, 0.2) is 41.5 Å². The Kier molecular flexibility index (Phi) is 12.0. The van der Waals surface area contributed by atoms with Crippen LogP contribution in [0.2, 0.25) is 0 Å². The lowest BCUT2D eigenvalue weighted by Crippen LogP contribution is -2.58. The maximum absolute atomic E-state index is 13.4. The fourth-order valence-electron chi connectivity index (χ4n) is 4.82. The number of halogens is 1. The molecule has 3 heterocycles. The molecule has 43 heavy (non-hydrogen) atoms. The molecule has 10 nitrogen and oxygen atoms in total. The van der Waals surface area contributed by atoms with Crippen LogP contribution in [0.4, 0.5) is 4.39 Å². The van der Waals surface area contributed by atoms with E-state index in [0.29, 0.717) is 37.6 Å². The van der Waals surface area contributed by atoms with Crippen molar-refractivity contribution in [2.45, 2.75) is 59.0 Å². The van der Waals surface area contributed by atoms with Crippen LogP contribution in [0.3, 0.4) is 0 Å². The number of nitrogens with one attached hydrogen (secondary N) is 1. The largest absolute Gasteiger partial charge is 0.503 e. The number of aromatic nitrogens is 2. The number of aromatic hydroxyl groups is 1. The fourth-order valence-corrected chi connectivity index (χ4v) is 5.77. The van der Waals surface area contributed by atoms with Gasteiger partial charge in [0.1, 0.15) is 10.8 Å². The number of rotatable bonds is 11. The van der Waals surface area contributed by atoms with Crippen LogP contribution in [0.1, 0.15) is 62.0 Å². The van der Waals surface area contributed by atoms with E-state index < -0.39 is 22.6 Å². The molecule has 0 bridgehead atoms. The zero-order valence-corrected chi connectivity index (χ0v) is 26.4. The summed E-state index contributed by atoms with van der Waals surface area (Å²) in [5.41, 5.74) is -0.237. The summed E-state index contributed by atoms with van der Waals surface area (Å²) in [5.74, 6) is -1.24. The van der Waals surface area contributed by atoms with Crippen molar-refractivity contribution in [3.05, 3.63) is 68.8 Å². The van der Waals surface area contributed by atoms with Crippen molar-refractivity contribution in [3.63, 3.8) is 0 Å². The van der Waals surface area contributed by atoms with Crippen LogP contribution < -0.4 is 10.7 Å². The highest BCUT2D eigenvalue weighted by molar-refractivity contribution is 7.15. The molecule has 3 aromatic rings. The van der Waals surface area contributed by atoms with E-state index in [1.807, 2.05) is 27.7 Å². The Bertz CT molecular complexity index is 1460. The van der Waals surface area contributed by atoms with Gasteiger partial charge in [0.05, 0.1) is 30.9 Å². The molecule has 0 aliphatic carbocycles. The number of ether oxygens (including phenoxy) is 2. The molecule has 4 rings (SSSR count). The first kappa shape index (κ1) is 33.9. The van der Waals surface area contributed by atoms with Crippen molar-refractivity contribution in [2.75, 3.05) is 40.0 Å². The molecule has 0 spiro atoms. The zero-order chi connectivity index (χ0) is 31.7. The average molecular weight is 617 g/mol. The summed E-state index contributed by atoms with van der Waals surface area (Å²) in [6, 6.07) is 6.09. The van der Waals surface area contributed by atoms with Gasteiger partial charge >= 0.3 is 0 Å². The van der Waals surface area contributed by atoms with Crippen LogP contribution >= 0.6 is 11.3 Å². The number of thiazole rings is 1. The van der Waals surface area contributed by atoms with Gasteiger partial charge in [0, 0.05) is 56.9 Å². The van der Waals surface area contributed by atoms with Gasteiger partial charge in [0.25, 0.3) is 5.91 Å². The Balaban J connectivity index is 0.000000765. The Hall–Kier alpha value is -3.61. The first-order chi connectivity index (χ1) is 20.5. The quantitative estimate of drug-likeness (QED) is 0.310. The molecule has 2 amide bonds. The van der Waals surface area contributed by atoms with Gasteiger partial charge < -0.3 is 29.4 Å². The monoisotopic (exact) mass is 616 g/mol. The molecule has 0 saturated carbocycles. The second-order valence-corrected chi connectivity index (χ2v) is 11.7. The SMILES string of the molecule is CCNC(C)=O.CC[C@]1(COCCOC)CN(C(C)C)C(=O)c2c(O)c(=O)c(-c3ncc(Cc4ccc(F)cc4)s3)cn21. The van der Waals surface area contributed by atoms with Crippen molar-refractivity contribution in [3.8, 4) is 16.3 Å². The van der Waals surface area contributed by atoms with Crippen molar-refractivity contribution in [1.82, 2.24) is 19.8 Å². The molecule has 0 unspecified atom stereocenters. The molecular weight excluding hydrogens is 575 g/mol. The van der Waals surface area contributed by atoms with Gasteiger partial charge in [-0.25, -0.2) is 9.37 Å². The summed E-state index contributed by atoms with van der Waals surface area (Å²) in [6.45, 7) is 11.4. The fraction of sp³-hybridized carbons (Fsp3) is 0.484. The zero-order valence-electron chi connectivity index (χ0n) is 25.6. The van der Waals surface area contributed by atoms with Crippen LogP contribution in [0.25, 0.3) is 10.6 Å². The molecule has 234 valence electrons. The number of nitrogens with zero attached hydrogens (tertiary/aromatic N) is 3. The second-order valence-electron chi connectivity index (χ2n) is 10.6. The maximum Gasteiger partial charge on any atom is 0.274 e. The Morgan fingerprint density at radius 1 is 1.21 bits per heavy atom. The Morgan fingerprint density at radius 2 is 1.91 bits per heavy atom. The third kappa shape index (κ3) is 8.07. The number of benzene rings is 1. The molecule has 2 aromatic heterocycles. The van der Waals surface area contributed by atoms with Gasteiger partial charge in [0.15, 0.2) is 11.4 Å². The van der Waals surface area contributed by atoms with E-state index in [0.717, 1.165) is 17.0 Å². The van der Waals surface area contributed by atoms with Gasteiger partial charge in [-0.15, -0.1) is 11.3 Å². The highest BCUT2D eigenvalue weighted by atomic mass is 32.1. The summed E-state index contributed by atoms with van der Waals surface area (Å²) < 4.78 is 26.0. The third-order valence-electron chi connectivity index (χ3n) is 7.21. The molecule has 1 aliphatic heterocycles. The van der Waals surface area contributed by atoms with Gasteiger partial charge in [-0.3, -0.25) is 14.4 Å². The summed E-state index contributed by atoms with van der Waals surface area (Å²) in [6.07, 6.45) is 4.44. The van der Waals surface area contributed by atoms with E-state index in [9.17, 15) is 23.9 Å². The minimum Gasteiger partial charge on any atom is -0.503 e. The molecule has 0 radical (unpaired) electrons. The smallest absolute Gasteiger partial charge is 0.274 e. The van der Waals surface area contributed by atoms with Crippen LogP contribution in [-0.4, -0.2) is 77.4 Å². The van der Waals surface area contributed by atoms with E-state index in [1.165, 1.54) is 30.4 Å². The van der Waals surface area contributed by atoms with Gasteiger partial charge in [-0.05, 0) is 44.9 Å². The summed E-state index contributed by atoms with van der Waals surface area (Å²) in [5, 5.41) is 14.1. The van der Waals surface area contributed by atoms with Crippen molar-refractivity contribution in [2.24, 2.45) is 0 Å². The molecular formula is C31H41FN4O6S. The van der Waals surface area contributed by atoms with Crippen LogP contribution in [-0.2, 0) is 26.2 Å². The van der Waals surface area contributed by atoms with Crippen LogP contribution in [0, 0.1) is 5.82 Å². The molecule has 12 heteroatoms. The number of pyridine rings is 1. The first-order valence-electron chi connectivity index (χ1n) is 14.3. The highest BCUT2D eigenvalue weighted by Gasteiger charge is 2.44. The van der Waals surface area contributed by atoms with Crippen LogP contribution in [0.5, 0.6) is 5.75 Å². The number of carbonyl (C=O) groups is 2. The Labute approximate surface area is 255 Å². The highest BCUT2D eigenvalue weighted by Crippen LogP contribution is 2.36. The van der Waals surface area contributed by atoms with Crippen molar-refractivity contribution >= 4 is 23.2 Å². The third-order valence-corrected chi connectivity index (χ3v) is 8.24. The summed E-state index contributed by atoms with van der Waals surface area (Å²) in [7, 11) is 1.60. The van der Waals surface area contributed by atoms with E-state index in [4.69, 9.17) is 9.47 Å². The normalized spacial score (nSPS) is 16.1. The van der Waals surface area contributed by atoms with E-state index in [1.54, 1.807) is 41.1 Å². The molecule has 1 aliphatic rings. The lowest BCUT2D eigenvalue weighted by Gasteiger charge is -2.46. The van der Waals surface area contributed by atoms with Gasteiger partial charge in [-0.1, -0.05) is 19.1 Å². The molecule has 0 fully saturated rings. The predicted molar refractivity (Wildman–Crippen MR) is 164 cm³/mol. The number of amides is 2. The maximum atomic E-state index is 13.4. The number of carbonyl (C=O) groups excluding carboxylic acids is 2. The number of hydrogen-bond acceptors (Lipinski definition) is 8. The van der Waals surface area contributed by atoms with Crippen molar-refractivity contribution < 1.29 is 28.6 Å². The second kappa shape index (κ2) is 15.2. The summed E-state index contributed by atoms with van der Waals surface area (Å²) >= 11 is 1.32. The minimum absolute atomic E-state index is 0.0333. The van der Waals surface area contributed by atoms with E-state index in [2.05, 4.69) is 10.3 Å². The number of hydrogen-bond donors (Lipinski definition) is 2. The molecule has 0 saturated heterocycles. The van der Waals surface area contributed by atoms with Gasteiger partial charge in [0.2, 0.25) is 11.3 Å². The van der Waals surface area contributed by atoms with E-state index in [-0.39, 0.29) is 35.6 Å². The average Bonchev–Trinajstić information content (AvgIpc) is 3.43. The first-order valence-corrected chi connectivity index (χ1v) is 15.1. The molecule has 2 N–H and O–H groups in total. The number of methoxy groups -OCH3 is 1. The molecule has 1 atom stereocenters.